The summed E-state index contributed by atoms with van der Waals surface area (Å²) < 4.78 is 82.4. The predicted molar refractivity (Wildman–Crippen MR) is 115 cm³/mol. The van der Waals surface area contributed by atoms with E-state index in [1.165, 1.54) is 19.1 Å². The topological polar surface area (TPSA) is 99.1 Å². The minimum absolute atomic E-state index is 0.215. The van der Waals surface area contributed by atoms with Crippen molar-refractivity contribution in [2.45, 2.75) is 29.9 Å². The molecule has 4 atom stereocenters. The van der Waals surface area contributed by atoms with Gasteiger partial charge in [0.25, 0.3) is 0 Å². The van der Waals surface area contributed by atoms with E-state index in [-0.39, 0.29) is 31.4 Å². The molecule has 0 radical (unpaired) electrons. The van der Waals surface area contributed by atoms with E-state index in [9.17, 15) is 17.2 Å². The van der Waals surface area contributed by atoms with Crippen molar-refractivity contribution >= 4 is 21.8 Å². The number of nitrogens with zero attached hydrogens (tertiary/aromatic N) is 4. The number of sulfonamides is 1. The van der Waals surface area contributed by atoms with Crippen LogP contribution in [0.4, 0.5) is 19.0 Å². The maximum absolute atomic E-state index is 15.3. The first-order valence-corrected chi connectivity index (χ1v) is 11.5. The van der Waals surface area contributed by atoms with Gasteiger partial charge in [-0.1, -0.05) is 6.58 Å². The van der Waals surface area contributed by atoms with Gasteiger partial charge in [-0.2, -0.15) is 4.98 Å². The van der Waals surface area contributed by atoms with Crippen LogP contribution in [0.3, 0.4) is 0 Å². The van der Waals surface area contributed by atoms with E-state index in [4.69, 9.17) is 14.9 Å². The quantitative estimate of drug-likeness (QED) is 0.646. The third-order valence-electron chi connectivity index (χ3n) is 6.37. The van der Waals surface area contributed by atoms with Gasteiger partial charge in [-0.05, 0) is 17.7 Å². The second-order valence-corrected chi connectivity index (χ2v) is 10.3. The molecule has 0 bridgehead atoms. The maximum Gasteiger partial charge on any atom is 0.244 e. The minimum atomic E-state index is -4.26. The molecule has 0 saturated carbocycles. The van der Waals surface area contributed by atoms with Crippen LogP contribution in [0.25, 0.3) is 0 Å². The lowest BCUT2D eigenvalue weighted by Crippen LogP contribution is -2.72. The van der Waals surface area contributed by atoms with Gasteiger partial charge in [-0.25, -0.2) is 25.9 Å². The molecule has 4 heterocycles. The molecule has 3 aliphatic rings. The van der Waals surface area contributed by atoms with Crippen molar-refractivity contribution in [3.63, 3.8) is 0 Å². The highest BCUT2D eigenvalue weighted by molar-refractivity contribution is 7.90. The first-order valence-electron chi connectivity index (χ1n) is 9.98. The van der Waals surface area contributed by atoms with Crippen molar-refractivity contribution in [1.82, 2.24) is 14.2 Å². The Hall–Kier alpha value is -2.80. The number of halogens is 3. The Labute approximate surface area is 189 Å². The summed E-state index contributed by atoms with van der Waals surface area (Å²) in [6.07, 6.45) is -4.49. The molecule has 0 amide bonds. The fourth-order valence-corrected chi connectivity index (χ4v) is 6.61. The lowest BCUT2D eigenvalue weighted by molar-refractivity contribution is 0.0249. The van der Waals surface area contributed by atoms with Crippen LogP contribution >= 0.6 is 0 Å². The molecule has 0 aromatic carbocycles. The molecule has 4 unspecified atom stereocenters. The Morgan fingerprint density at radius 1 is 1.33 bits per heavy atom. The lowest BCUT2D eigenvalue weighted by atomic mass is 9.86. The Morgan fingerprint density at radius 3 is 2.67 bits per heavy atom. The summed E-state index contributed by atoms with van der Waals surface area (Å²) in [5, 5.41) is 6.88. The summed E-state index contributed by atoms with van der Waals surface area (Å²) in [6.45, 7) is 3.38. The molecular weight excluding hydrogens is 463 g/mol. The standard InChI is InChI=1S/C20H24F3N5O4S/c1-11-13(21)7-14(22)18(23)28-19(24)26(2)33(29,30)15-8-27(10-20(11,15)28)16-5-12(9-31-3)6-17(25-16)32-4/h5-7,14-15,18,24H,1,8-10H2,2-4H3. The summed E-state index contributed by atoms with van der Waals surface area (Å²) in [5.41, 5.74) is -1.69. The van der Waals surface area contributed by atoms with Crippen LogP contribution in [0.2, 0.25) is 0 Å². The van der Waals surface area contributed by atoms with Gasteiger partial charge in [0.05, 0.1) is 13.7 Å². The van der Waals surface area contributed by atoms with Gasteiger partial charge in [-0.3, -0.25) is 10.3 Å². The highest BCUT2D eigenvalue weighted by Gasteiger charge is 2.67. The molecule has 33 heavy (non-hydrogen) atoms. The molecule has 13 heteroatoms. The number of methoxy groups -OCH3 is 2. The van der Waals surface area contributed by atoms with Crippen LogP contribution in [0.1, 0.15) is 5.56 Å². The van der Waals surface area contributed by atoms with Gasteiger partial charge in [0.15, 0.2) is 6.17 Å². The zero-order valence-corrected chi connectivity index (χ0v) is 19.1. The van der Waals surface area contributed by atoms with Gasteiger partial charge in [0.2, 0.25) is 28.2 Å². The van der Waals surface area contributed by atoms with Crippen molar-refractivity contribution in [2.75, 3.05) is 39.3 Å². The number of rotatable bonds is 4. The Morgan fingerprint density at radius 2 is 2.03 bits per heavy atom. The van der Waals surface area contributed by atoms with Crippen LogP contribution < -0.4 is 9.64 Å². The number of anilines is 1. The third kappa shape index (κ3) is 3.28. The predicted octanol–water partition coefficient (Wildman–Crippen LogP) is 1.73. The number of nitrogens with one attached hydrogen (secondary N) is 1. The van der Waals surface area contributed by atoms with Gasteiger partial charge >= 0.3 is 0 Å². The molecule has 1 N–H and O–H groups in total. The molecule has 2 saturated heterocycles. The number of alkyl halides is 2. The van der Waals surface area contributed by atoms with Crippen LogP contribution in [-0.2, 0) is 21.4 Å². The van der Waals surface area contributed by atoms with Crippen molar-refractivity contribution in [3.05, 3.63) is 41.8 Å². The molecule has 4 rings (SSSR count). The number of aromatic nitrogens is 1. The Balaban J connectivity index is 1.91. The second-order valence-electron chi connectivity index (χ2n) is 8.12. The number of hydrogen-bond donors (Lipinski definition) is 1. The van der Waals surface area contributed by atoms with Crippen molar-refractivity contribution in [2.24, 2.45) is 0 Å². The van der Waals surface area contributed by atoms with Crippen molar-refractivity contribution in [1.29, 1.82) is 5.41 Å². The zero-order valence-electron chi connectivity index (χ0n) is 18.3. The highest BCUT2D eigenvalue weighted by atomic mass is 32.2. The normalized spacial score (nSPS) is 31.2. The number of hydrogen-bond acceptors (Lipinski definition) is 7. The van der Waals surface area contributed by atoms with Crippen LogP contribution in [0.15, 0.2) is 36.2 Å². The molecule has 0 aliphatic carbocycles. The van der Waals surface area contributed by atoms with Crippen molar-refractivity contribution < 1.29 is 31.1 Å². The van der Waals surface area contributed by atoms with E-state index in [0.717, 1.165) is 7.05 Å². The lowest BCUT2D eigenvalue weighted by Gasteiger charge is -2.52. The molecule has 2 fully saturated rings. The molecule has 1 spiro atoms. The zero-order chi connectivity index (χ0) is 24.3. The van der Waals surface area contributed by atoms with Gasteiger partial charge in [0.1, 0.15) is 22.4 Å². The summed E-state index contributed by atoms with van der Waals surface area (Å²) in [5.74, 6) is -1.44. The van der Waals surface area contributed by atoms with E-state index in [1.54, 1.807) is 12.1 Å². The fourth-order valence-electron chi connectivity index (χ4n) is 4.71. The van der Waals surface area contributed by atoms with E-state index >= 15 is 4.39 Å². The van der Waals surface area contributed by atoms with Crippen LogP contribution in [-0.4, -0.2) is 86.2 Å². The van der Waals surface area contributed by atoms with Gasteiger partial charge in [0, 0.05) is 38.9 Å². The van der Waals surface area contributed by atoms with Gasteiger partial charge in [-0.15, -0.1) is 0 Å². The third-order valence-corrected chi connectivity index (χ3v) is 8.56. The molecule has 1 aromatic heterocycles. The summed E-state index contributed by atoms with van der Waals surface area (Å²) in [7, 11) is -0.261. The number of guanidine groups is 1. The SMILES string of the molecule is C=C1C(F)=CC(F)C(F)N2C(=N)N(C)S(=O)(=O)C3CN(c4cc(COC)cc(OC)n4)CC132. The van der Waals surface area contributed by atoms with Crippen molar-refractivity contribution in [3.8, 4) is 5.88 Å². The van der Waals surface area contributed by atoms with E-state index in [1.807, 2.05) is 0 Å². The summed E-state index contributed by atoms with van der Waals surface area (Å²) >= 11 is 0. The molecule has 9 nitrogen and oxygen atoms in total. The number of ether oxygens (including phenoxy) is 2. The fraction of sp³-hybridized carbons (Fsp3) is 0.500. The first-order chi connectivity index (χ1) is 15.5. The smallest absolute Gasteiger partial charge is 0.244 e. The minimum Gasteiger partial charge on any atom is -0.481 e. The Kier molecular flexibility index (Phi) is 5.60. The Bertz CT molecular complexity index is 1150. The average molecular weight is 488 g/mol. The van der Waals surface area contributed by atoms with E-state index < -0.39 is 50.6 Å². The first kappa shape index (κ1) is 23.4. The van der Waals surface area contributed by atoms with Crippen LogP contribution in [0.5, 0.6) is 5.88 Å². The molecular formula is C20H24F3N5O4S. The monoisotopic (exact) mass is 487 g/mol. The molecule has 180 valence electrons. The van der Waals surface area contributed by atoms with Gasteiger partial charge < -0.3 is 14.4 Å². The maximum atomic E-state index is 15.3. The number of pyridine rings is 1. The molecule has 3 aliphatic heterocycles. The largest absolute Gasteiger partial charge is 0.481 e. The average Bonchev–Trinajstić information content (AvgIpc) is 3.17. The van der Waals surface area contributed by atoms with E-state index in [2.05, 4.69) is 11.6 Å². The second kappa shape index (κ2) is 7.90. The summed E-state index contributed by atoms with van der Waals surface area (Å²) in [6, 6.07) is 3.28. The summed E-state index contributed by atoms with van der Waals surface area (Å²) in [4.78, 5) is 6.56. The van der Waals surface area contributed by atoms with E-state index in [0.29, 0.717) is 20.8 Å². The molecule has 1 aromatic rings. The van der Waals surface area contributed by atoms with Crippen LogP contribution in [0, 0.1) is 5.41 Å². The highest BCUT2D eigenvalue weighted by Crippen LogP contribution is 2.49.